The van der Waals surface area contributed by atoms with E-state index in [1.54, 1.807) is 6.92 Å². The van der Waals surface area contributed by atoms with E-state index in [9.17, 15) is 9.90 Å². The average Bonchev–Trinajstić information content (AvgIpc) is 2.55. The zero-order chi connectivity index (χ0) is 16.8. The van der Waals surface area contributed by atoms with Crippen molar-refractivity contribution in [2.45, 2.75) is 13.8 Å². The van der Waals surface area contributed by atoms with Crippen molar-refractivity contribution in [2.24, 2.45) is 5.10 Å². The molecule has 120 valence electrons. The molecule has 0 spiro atoms. The van der Waals surface area contributed by atoms with E-state index in [2.05, 4.69) is 10.5 Å². The third-order valence-corrected chi connectivity index (χ3v) is 3.35. The van der Waals surface area contributed by atoms with E-state index in [4.69, 9.17) is 16.3 Å². The zero-order valence-electron chi connectivity index (χ0n) is 12.8. The van der Waals surface area contributed by atoms with Gasteiger partial charge in [-0.1, -0.05) is 11.6 Å². The summed E-state index contributed by atoms with van der Waals surface area (Å²) in [6, 6.07) is 11.6. The summed E-state index contributed by atoms with van der Waals surface area (Å²) in [4.78, 5) is 12.0. The highest BCUT2D eigenvalue weighted by molar-refractivity contribution is 6.31. The Kier molecular flexibility index (Phi) is 5.60. The van der Waals surface area contributed by atoms with Crippen LogP contribution in [0.1, 0.15) is 29.8 Å². The Balaban J connectivity index is 2.09. The maximum atomic E-state index is 12.0. The van der Waals surface area contributed by atoms with Crippen molar-refractivity contribution in [3.8, 4) is 11.5 Å². The second-order valence-electron chi connectivity index (χ2n) is 4.76. The van der Waals surface area contributed by atoms with Crippen molar-refractivity contribution < 1.29 is 14.6 Å². The van der Waals surface area contributed by atoms with Gasteiger partial charge in [0.25, 0.3) is 5.91 Å². The smallest absolute Gasteiger partial charge is 0.275 e. The zero-order valence-corrected chi connectivity index (χ0v) is 13.6. The van der Waals surface area contributed by atoms with Gasteiger partial charge in [-0.3, -0.25) is 4.79 Å². The van der Waals surface area contributed by atoms with Crippen molar-refractivity contribution >= 4 is 23.2 Å². The average molecular weight is 333 g/mol. The first kappa shape index (κ1) is 16.8. The summed E-state index contributed by atoms with van der Waals surface area (Å²) in [5, 5.41) is 14.1. The van der Waals surface area contributed by atoms with E-state index in [0.717, 1.165) is 11.3 Å². The molecule has 0 heterocycles. The normalized spacial score (nSPS) is 11.2. The van der Waals surface area contributed by atoms with Gasteiger partial charge in [-0.15, -0.1) is 0 Å². The van der Waals surface area contributed by atoms with Gasteiger partial charge in [-0.2, -0.15) is 5.10 Å². The van der Waals surface area contributed by atoms with Crippen molar-refractivity contribution in [3.63, 3.8) is 0 Å². The molecule has 0 atom stereocenters. The summed E-state index contributed by atoms with van der Waals surface area (Å²) in [6.07, 6.45) is 0. The van der Waals surface area contributed by atoms with Crippen molar-refractivity contribution in [3.05, 3.63) is 58.6 Å². The fourth-order valence-electron chi connectivity index (χ4n) is 1.91. The lowest BCUT2D eigenvalue weighted by Crippen LogP contribution is -2.19. The molecule has 0 saturated heterocycles. The second kappa shape index (κ2) is 7.65. The van der Waals surface area contributed by atoms with Gasteiger partial charge in [0.2, 0.25) is 0 Å². The number of amides is 1. The minimum Gasteiger partial charge on any atom is -0.507 e. The molecule has 0 bridgehead atoms. The Morgan fingerprint density at radius 3 is 2.61 bits per heavy atom. The van der Waals surface area contributed by atoms with Crippen LogP contribution in [0, 0.1) is 0 Å². The number of carbonyl (C=O) groups excluding carboxylic acids is 1. The number of nitrogens with zero attached hydrogens (tertiary/aromatic N) is 1. The molecule has 0 aromatic heterocycles. The summed E-state index contributed by atoms with van der Waals surface area (Å²) in [5.41, 5.74) is 3.95. The number of hydrazone groups is 1. The number of rotatable bonds is 5. The van der Waals surface area contributed by atoms with Crippen LogP contribution in [0.25, 0.3) is 0 Å². The summed E-state index contributed by atoms with van der Waals surface area (Å²) in [5.74, 6) is 0.0908. The Bertz CT molecular complexity index is 727. The SMILES string of the molecule is CCOc1ccc(/C(C)=N/NC(=O)c2cc(Cl)ccc2O)cc1. The molecule has 0 fully saturated rings. The standard InChI is InChI=1S/C17H17ClN2O3/c1-3-23-14-7-4-12(5-8-14)11(2)19-20-17(22)15-10-13(18)6-9-16(15)21/h4-10,21H,3H2,1-2H3,(H,20,22)/b19-11+. The Morgan fingerprint density at radius 2 is 1.96 bits per heavy atom. The third-order valence-electron chi connectivity index (χ3n) is 3.11. The monoisotopic (exact) mass is 332 g/mol. The van der Waals surface area contributed by atoms with Gasteiger partial charge in [0, 0.05) is 5.02 Å². The fourth-order valence-corrected chi connectivity index (χ4v) is 2.08. The number of hydrogen-bond acceptors (Lipinski definition) is 4. The maximum absolute atomic E-state index is 12.0. The molecule has 0 aliphatic carbocycles. The summed E-state index contributed by atoms with van der Waals surface area (Å²) < 4.78 is 5.37. The topological polar surface area (TPSA) is 70.9 Å². The lowest BCUT2D eigenvalue weighted by Gasteiger charge is -2.06. The van der Waals surface area contributed by atoms with Crippen molar-refractivity contribution in [1.29, 1.82) is 0 Å². The van der Waals surface area contributed by atoms with Gasteiger partial charge in [0.05, 0.1) is 17.9 Å². The number of nitrogens with one attached hydrogen (secondary N) is 1. The van der Waals surface area contributed by atoms with Crippen molar-refractivity contribution in [1.82, 2.24) is 5.43 Å². The lowest BCUT2D eigenvalue weighted by molar-refractivity contribution is 0.0952. The Labute approximate surface area is 139 Å². The third kappa shape index (κ3) is 4.47. The molecule has 2 aromatic carbocycles. The molecular formula is C17H17ClN2O3. The van der Waals surface area contributed by atoms with E-state index in [-0.39, 0.29) is 11.3 Å². The largest absolute Gasteiger partial charge is 0.507 e. The molecule has 0 radical (unpaired) electrons. The highest BCUT2D eigenvalue weighted by atomic mass is 35.5. The van der Waals surface area contributed by atoms with E-state index < -0.39 is 5.91 Å². The number of benzene rings is 2. The Hall–Kier alpha value is -2.53. The lowest BCUT2D eigenvalue weighted by atomic mass is 10.1. The molecule has 1 amide bonds. The molecule has 2 N–H and O–H groups in total. The molecule has 5 nitrogen and oxygen atoms in total. The highest BCUT2D eigenvalue weighted by Gasteiger charge is 2.11. The molecule has 0 aliphatic rings. The Morgan fingerprint density at radius 1 is 1.26 bits per heavy atom. The number of phenolic OH excluding ortho intramolecular Hbond substituents is 1. The highest BCUT2D eigenvalue weighted by Crippen LogP contribution is 2.21. The molecule has 23 heavy (non-hydrogen) atoms. The number of carbonyl (C=O) groups is 1. The van der Waals surface area contributed by atoms with Crippen LogP contribution in [0.4, 0.5) is 0 Å². The molecule has 6 heteroatoms. The summed E-state index contributed by atoms with van der Waals surface area (Å²) in [7, 11) is 0. The van der Waals surface area contributed by atoms with E-state index in [0.29, 0.717) is 17.3 Å². The van der Waals surface area contributed by atoms with Crippen LogP contribution < -0.4 is 10.2 Å². The second-order valence-corrected chi connectivity index (χ2v) is 5.19. The first-order chi connectivity index (χ1) is 11.0. The van der Waals surface area contributed by atoms with E-state index in [1.165, 1.54) is 18.2 Å². The van der Waals surface area contributed by atoms with Gasteiger partial charge in [0.1, 0.15) is 11.5 Å². The van der Waals surface area contributed by atoms with E-state index >= 15 is 0 Å². The molecule has 2 rings (SSSR count). The van der Waals surface area contributed by atoms with Crippen LogP contribution in [0.15, 0.2) is 47.6 Å². The molecular weight excluding hydrogens is 316 g/mol. The predicted molar refractivity (Wildman–Crippen MR) is 90.4 cm³/mol. The van der Waals surface area contributed by atoms with Gasteiger partial charge >= 0.3 is 0 Å². The van der Waals surface area contributed by atoms with Gasteiger partial charge < -0.3 is 9.84 Å². The first-order valence-electron chi connectivity index (χ1n) is 7.07. The van der Waals surface area contributed by atoms with Crippen LogP contribution in [0.3, 0.4) is 0 Å². The number of aromatic hydroxyl groups is 1. The molecule has 0 unspecified atom stereocenters. The number of phenols is 1. The van der Waals surface area contributed by atoms with Crippen LogP contribution in [-0.2, 0) is 0 Å². The van der Waals surface area contributed by atoms with Crippen LogP contribution in [-0.4, -0.2) is 23.3 Å². The quantitative estimate of drug-likeness (QED) is 0.649. The van der Waals surface area contributed by atoms with Crippen molar-refractivity contribution in [2.75, 3.05) is 6.61 Å². The maximum Gasteiger partial charge on any atom is 0.275 e. The summed E-state index contributed by atoms with van der Waals surface area (Å²) in [6.45, 7) is 4.29. The van der Waals surface area contributed by atoms with Gasteiger partial charge in [0.15, 0.2) is 0 Å². The fraction of sp³-hybridized carbons (Fsp3) is 0.176. The molecule has 0 saturated carbocycles. The van der Waals surface area contributed by atoms with Crippen LogP contribution in [0.5, 0.6) is 11.5 Å². The van der Waals surface area contributed by atoms with Gasteiger partial charge in [-0.05, 0) is 61.9 Å². The van der Waals surface area contributed by atoms with E-state index in [1.807, 2.05) is 31.2 Å². The minimum atomic E-state index is -0.532. The molecule has 0 aliphatic heterocycles. The van der Waals surface area contributed by atoms with Crippen LogP contribution in [0.2, 0.25) is 5.02 Å². The first-order valence-corrected chi connectivity index (χ1v) is 7.45. The number of ether oxygens (including phenoxy) is 1. The minimum absolute atomic E-state index is 0.0701. The number of halogens is 1. The van der Waals surface area contributed by atoms with Crippen LogP contribution >= 0.6 is 11.6 Å². The predicted octanol–water partition coefficient (Wildman–Crippen LogP) is 3.60. The molecule has 2 aromatic rings. The summed E-state index contributed by atoms with van der Waals surface area (Å²) >= 11 is 5.82. The van der Waals surface area contributed by atoms with Gasteiger partial charge in [-0.25, -0.2) is 5.43 Å². The number of hydrogen-bond donors (Lipinski definition) is 2.